The van der Waals surface area contributed by atoms with Gasteiger partial charge < -0.3 is 0 Å². The van der Waals surface area contributed by atoms with Gasteiger partial charge >= 0.3 is 0 Å². The van der Waals surface area contributed by atoms with Gasteiger partial charge in [0.05, 0.1) is 17.5 Å². The Balaban J connectivity index is 3.60. The van der Waals surface area contributed by atoms with Gasteiger partial charge in [0, 0.05) is 16.2 Å². The average molecular weight is 268 g/mol. The van der Waals surface area contributed by atoms with E-state index in [1.807, 2.05) is 0 Å². The van der Waals surface area contributed by atoms with E-state index in [4.69, 9.17) is 27.5 Å². The molecule has 0 amide bonds. The molecule has 0 bridgehead atoms. The van der Waals surface area contributed by atoms with Gasteiger partial charge in [-0.1, -0.05) is 0 Å². The van der Waals surface area contributed by atoms with E-state index in [1.165, 1.54) is 6.07 Å². The summed E-state index contributed by atoms with van der Waals surface area (Å²) in [4.78, 5) is -0.723. The first kappa shape index (κ1) is 12.2. The molecule has 1 rings (SSSR count). The Morgan fingerprint density at radius 3 is 2.47 bits per heavy atom. The Morgan fingerprint density at radius 1 is 1.47 bits per heavy atom. The molecular weight excluding hydrogens is 264 g/mol. The Hall–Kier alpha value is -0.830. The third-order valence-electron chi connectivity index (χ3n) is 1.65. The van der Waals surface area contributed by atoms with Crippen LogP contribution in [0, 0.1) is 17.1 Å². The molecule has 1 aromatic carbocycles. The normalized spacial score (nSPS) is 11.1. The fraction of sp³-hybridized carbons (Fsp3) is 0.125. The molecule has 1 aromatic rings. The Labute approximate surface area is 95.5 Å². The lowest BCUT2D eigenvalue weighted by Gasteiger charge is -2.04. The van der Waals surface area contributed by atoms with Crippen molar-refractivity contribution in [3.8, 4) is 6.07 Å². The van der Waals surface area contributed by atoms with E-state index < -0.39 is 19.8 Å². The van der Waals surface area contributed by atoms with E-state index in [0.29, 0.717) is 0 Å². The van der Waals surface area contributed by atoms with Gasteiger partial charge in [-0.05, 0) is 12.1 Å². The zero-order chi connectivity index (χ0) is 11.6. The maximum absolute atomic E-state index is 13.4. The van der Waals surface area contributed by atoms with E-state index in [-0.39, 0.29) is 17.0 Å². The van der Waals surface area contributed by atoms with E-state index >= 15 is 0 Å². The third kappa shape index (κ3) is 2.59. The maximum Gasteiger partial charge on any atom is 0.264 e. The topological polar surface area (TPSA) is 57.9 Å². The second kappa shape index (κ2) is 4.35. The van der Waals surface area contributed by atoms with E-state index in [9.17, 15) is 12.8 Å². The molecule has 0 heterocycles. The fourth-order valence-electron chi connectivity index (χ4n) is 0.995. The predicted molar refractivity (Wildman–Crippen MR) is 53.7 cm³/mol. The molecule has 0 unspecified atom stereocenters. The number of benzene rings is 1. The number of nitrogens with zero attached hydrogens (tertiary/aromatic N) is 1. The maximum atomic E-state index is 13.4. The third-order valence-corrected chi connectivity index (χ3v) is 3.26. The first-order chi connectivity index (χ1) is 6.90. The second-order valence-electron chi connectivity index (χ2n) is 2.63. The number of rotatable bonds is 2. The van der Waals surface area contributed by atoms with Crippen molar-refractivity contribution in [1.82, 2.24) is 0 Å². The number of alkyl halides is 1. The van der Waals surface area contributed by atoms with Gasteiger partial charge in [0.1, 0.15) is 10.7 Å². The van der Waals surface area contributed by atoms with Crippen molar-refractivity contribution in [2.75, 3.05) is 0 Å². The van der Waals surface area contributed by atoms with Crippen LogP contribution in [0.3, 0.4) is 0 Å². The van der Waals surface area contributed by atoms with Crippen LogP contribution in [0.1, 0.15) is 11.1 Å². The van der Waals surface area contributed by atoms with E-state index in [2.05, 4.69) is 0 Å². The lowest BCUT2D eigenvalue weighted by atomic mass is 10.1. The number of hydrogen-bond acceptors (Lipinski definition) is 3. The molecule has 0 saturated carbocycles. The lowest BCUT2D eigenvalue weighted by Crippen LogP contribution is -2.00. The minimum Gasteiger partial charge on any atom is -0.207 e. The monoisotopic (exact) mass is 267 g/mol. The highest BCUT2D eigenvalue weighted by atomic mass is 35.7. The first-order valence-corrected chi connectivity index (χ1v) is 6.47. The summed E-state index contributed by atoms with van der Waals surface area (Å²) in [5.74, 6) is -1.25. The molecule has 0 fully saturated rings. The Morgan fingerprint density at radius 2 is 2.07 bits per heavy atom. The molecule has 0 atom stereocenters. The highest BCUT2D eigenvalue weighted by molar-refractivity contribution is 8.13. The minimum absolute atomic E-state index is 0.00808. The molecular formula is C8H4Cl2FNO2S. The standard InChI is InChI=1S/C8H4Cl2FNO2S/c9-3-6-1-5(4-12)2-7(8(6)11)15(10,13)14/h1-2H,3H2. The molecule has 15 heavy (non-hydrogen) atoms. The van der Waals surface area contributed by atoms with Crippen LogP contribution in [0.2, 0.25) is 0 Å². The molecule has 0 aliphatic carbocycles. The van der Waals surface area contributed by atoms with E-state index in [0.717, 1.165) is 6.07 Å². The lowest BCUT2D eigenvalue weighted by molar-refractivity contribution is 0.568. The van der Waals surface area contributed by atoms with Gasteiger partial charge in [-0.25, -0.2) is 12.8 Å². The van der Waals surface area contributed by atoms with Gasteiger partial charge in [-0.15, -0.1) is 11.6 Å². The van der Waals surface area contributed by atoms with Crippen LogP contribution in [0.15, 0.2) is 17.0 Å². The quantitative estimate of drug-likeness (QED) is 0.611. The van der Waals surface area contributed by atoms with Crippen LogP contribution in [-0.4, -0.2) is 8.42 Å². The van der Waals surface area contributed by atoms with Crippen molar-refractivity contribution in [3.05, 3.63) is 29.1 Å². The summed E-state index contributed by atoms with van der Waals surface area (Å²) in [6, 6.07) is 3.74. The number of halogens is 3. The molecule has 3 nitrogen and oxygen atoms in total. The second-order valence-corrected chi connectivity index (χ2v) is 5.43. The highest BCUT2D eigenvalue weighted by Crippen LogP contribution is 2.24. The smallest absolute Gasteiger partial charge is 0.207 e. The SMILES string of the molecule is N#Cc1cc(CCl)c(F)c(S(=O)(=O)Cl)c1. The van der Waals surface area contributed by atoms with Crippen LogP contribution < -0.4 is 0 Å². The summed E-state index contributed by atoms with van der Waals surface area (Å²) in [6.45, 7) is 0. The summed E-state index contributed by atoms with van der Waals surface area (Å²) in [5, 5.41) is 8.59. The molecule has 0 aromatic heterocycles. The largest absolute Gasteiger partial charge is 0.264 e. The van der Waals surface area contributed by atoms with Crippen molar-refractivity contribution in [2.45, 2.75) is 10.8 Å². The van der Waals surface area contributed by atoms with Gasteiger partial charge in [-0.3, -0.25) is 0 Å². The summed E-state index contributed by atoms with van der Waals surface area (Å²) in [6.07, 6.45) is 0. The van der Waals surface area contributed by atoms with Crippen molar-refractivity contribution < 1.29 is 12.8 Å². The Kier molecular flexibility index (Phi) is 3.55. The van der Waals surface area contributed by atoms with Crippen molar-refractivity contribution >= 4 is 31.3 Å². The van der Waals surface area contributed by atoms with Gasteiger partial charge in [0.15, 0.2) is 0 Å². The van der Waals surface area contributed by atoms with Crippen molar-refractivity contribution in [1.29, 1.82) is 5.26 Å². The van der Waals surface area contributed by atoms with Gasteiger partial charge in [-0.2, -0.15) is 5.26 Å². The summed E-state index contributed by atoms with van der Waals surface area (Å²) in [5.41, 5.74) is -0.0822. The summed E-state index contributed by atoms with van der Waals surface area (Å²) in [7, 11) is 0.790. The molecule has 0 aliphatic heterocycles. The first-order valence-electron chi connectivity index (χ1n) is 3.63. The van der Waals surface area contributed by atoms with Crippen molar-refractivity contribution in [2.24, 2.45) is 0 Å². The van der Waals surface area contributed by atoms with E-state index in [1.54, 1.807) is 6.07 Å². The van der Waals surface area contributed by atoms with Crippen LogP contribution in [-0.2, 0) is 14.9 Å². The zero-order valence-corrected chi connectivity index (χ0v) is 9.50. The van der Waals surface area contributed by atoms with Crippen LogP contribution in [0.4, 0.5) is 4.39 Å². The van der Waals surface area contributed by atoms with Crippen LogP contribution in [0.5, 0.6) is 0 Å². The average Bonchev–Trinajstić information content (AvgIpc) is 2.16. The molecule has 0 N–H and O–H groups in total. The summed E-state index contributed by atoms with van der Waals surface area (Å²) < 4.78 is 35.4. The molecule has 0 radical (unpaired) electrons. The molecule has 0 saturated heterocycles. The molecule has 80 valence electrons. The van der Waals surface area contributed by atoms with Gasteiger partial charge in [0.25, 0.3) is 9.05 Å². The molecule has 7 heteroatoms. The van der Waals surface area contributed by atoms with Crippen LogP contribution in [0.25, 0.3) is 0 Å². The van der Waals surface area contributed by atoms with Crippen LogP contribution >= 0.6 is 22.3 Å². The predicted octanol–water partition coefficient (Wildman–Crippen LogP) is 2.36. The fourth-order valence-corrected chi connectivity index (χ4v) is 2.14. The highest BCUT2D eigenvalue weighted by Gasteiger charge is 2.20. The zero-order valence-electron chi connectivity index (χ0n) is 7.17. The Bertz CT molecular complexity index is 536. The summed E-state index contributed by atoms with van der Waals surface area (Å²) >= 11 is 5.40. The minimum atomic E-state index is -4.21. The van der Waals surface area contributed by atoms with Crippen molar-refractivity contribution in [3.63, 3.8) is 0 Å². The number of hydrogen-bond donors (Lipinski definition) is 0. The molecule has 0 spiro atoms. The number of nitriles is 1. The van der Waals surface area contributed by atoms with Gasteiger partial charge in [0.2, 0.25) is 0 Å². The molecule has 0 aliphatic rings.